The predicted molar refractivity (Wildman–Crippen MR) is 101 cm³/mol. The van der Waals surface area contributed by atoms with Crippen LogP contribution in [0.2, 0.25) is 0 Å². The van der Waals surface area contributed by atoms with Crippen molar-refractivity contribution in [3.05, 3.63) is 65.7 Å². The molecule has 1 heterocycles. The van der Waals surface area contributed by atoms with E-state index in [1.165, 1.54) is 4.90 Å². The number of urea groups is 1. The van der Waals surface area contributed by atoms with Crippen molar-refractivity contribution in [3.8, 4) is 0 Å². The smallest absolute Gasteiger partial charge is 0.321 e. The number of carbonyl (C=O) groups excluding carboxylic acids is 1. The minimum absolute atomic E-state index is 0.124. The van der Waals surface area contributed by atoms with E-state index in [2.05, 4.69) is 0 Å². The predicted octanol–water partition coefficient (Wildman–Crippen LogP) is 3.61. The van der Waals surface area contributed by atoms with E-state index >= 15 is 0 Å². The number of rotatable bonds is 4. The Hall–Kier alpha value is -2.34. The molecule has 0 spiro atoms. The fourth-order valence-electron chi connectivity index (χ4n) is 3.46. The first kappa shape index (κ1) is 18.5. The monoisotopic (exact) mass is 372 g/mol. The van der Waals surface area contributed by atoms with Crippen molar-refractivity contribution in [2.45, 2.75) is 43.1 Å². The average Bonchev–Trinajstić information content (AvgIpc) is 2.86. The molecule has 26 heavy (non-hydrogen) atoms. The van der Waals surface area contributed by atoms with Crippen LogP contribution in [0.15, 0.2) is 59.5 Å². The molecule has 3 atom stereocenters. The molecule has 0 bridgehead atoms. The topological polar surface area (TPSA) is 57.7 Å². The Labute approximate surface area is 155 Å². The second kappa shape index (κ2) is 6.76. The van der Waals surface area contributed by atoms with Gasteiger partial charge in [0.05, 0.1) is 17.0 Å². The summed E-state index contributed by atoms with van der Waals surface area (Å²) in [6.07, 6.45) is 0. The van der Waals surface area contributed by atoms with Gasteiger partial charge < -0.3 is 4.90 Å². The number of aryl methyl sites for hydroxylation is 1. The van der Waals surface area contributed by atoms with E-state index in [4.69, 9.17) is 0 Å². The van der Waals surface area contributed by atoms with Gasteiger partial charge in [-0.15, -0.1) is 0 Å². The fraction of sp³-hybridized carbons (Fsp3) is 0.350. The summed E-state index contributed by atoms with van der Waals surface area (Å²) in [5, 5.41) is -0.963. The Balaban J connectivity index is 2.04. The first-order valence-electron chi connectivity index (χ1n) is 8.66. The van der Waals surface area contributed by atoms with Crippen molar-refractivity contribution < 1.29 is 13.2 Å². The van der Waals surface area contributed by atoms with Crippen LogP contribution in [0.3, 0.4) is 0 Å². The van der Waals surface area contributed by atoms with Crippen molar-refractivity contribution in [3.63, 3.8) is 0 Å². The first-order chi connectivity index (χ1) is 12.2. The van der Waals surface area contributed by atoms with Crippen LogP contribution in [0.5, 0.6) is 0 Å². The first-order valence-corrected chi connectivity index (χ1v) is 10.2. The molecule has 0 aliphatic carbocycles. The highest BCUT2D eigenvalue weighted by molar-refractivity contribution is 7.92. The maximum absolute atomic E-state index is 13.2. The van der Waals surface area contributed by atoms with E-state index in [0.29, 0.717) is 0 Å². The summed E-state index contributed by atoms with van der Waals surface area (Å²) in [7, 11) is -1.96. The zero-order chi connectivity index (χ0) is 19.1. The number of nitrogens with zero attached hydrogens (tertiary/aromatic N) is 2. The van der Waals surface area contributed by atoms with Crippen LogP contribution in [0.25, 0.3) is 0 Å². The third-order valence-corrected chi connectivity index (χ3v) is 7.28. The minimum Gasteiger partial charge on any atom is -0.323 e. The zero-order valence-electron chi connectivity index (χ0n) is 15.5. The number of benzene rings is 2. The van der Waals surface area contributed by atoms with Crippen molar-refractivity contribution >= 4 is 15.9 Å². The van der Waals surface area contributed by atoms with Crippen LogP contribution < -0.4 is 0 Å². The molecular weight excluding hydrogens is 348 g/mol. The molecule has 1 aliphatic heterocycles. The molecule has 6 heteroatoms. The number of carbonyl (C=O) groups is 1. The number of sulfone groups is 1. The third kappa shape index (κ3) is 2.98. The second-order valence-electron chi connectivity index (χ2n) is 6.85. The number of likely N-dealkylation sites (N-methyl/N-ethyl adjacent to an activating group) is 1. The van der Waals surface area contributed by atoms with Gasteiger partial charge in [-0.2, -0.15) is 0 Å². The molecule has 0 N–H and O–H groups in total. The van der Waals surface area contributed by atoms with E-state index in [1.54, 1.807) is 43.1 Å². The van der Waals surface area contributed by atoms with Crippen LogP contribution in [0.1, 0.15) is 31.0 Å². The van der Waals surface area contributed by atoms with Gasteiger partial charge in [0.15, 0.2) is 9.84 Å². The Morgan fingerprint density at radius 3 is 2.15 bits per heavy atom. The van der Waals surface area contributed by atoms with Gasteiger partial charge in [-0.1, -0.05) is 48.0 Å². The second-order valence-corrected chi connectivity index (χ2v) is 9.10. The van der Waals surface area contributed by atoms with Crippen molar-refractivity contribution in [2.75, 3.05) is 7.05 Å². The van der Waals surface area contributed by atoms with Crippen molar-refractivity contribution in [1.82, 2.24) is 9.80 Å². The molecule has 1 aliphatic rings. The summed E-state index contributed by atoms with van der Waals surface area (Å²) < 4.78 is 26.3. The van der Waals surface area contributed by atoms with E-state index in [1.807, 2.05) is 44.2 Å². The molecule has 0 unspecified atom stereocenters. The van der Waals surface area contributed by atoms with E-state index < -0.39 is 15.2 Å². The molecule has 2 aromatic rings. The Morgan fingerprint density at radius 2 is 1.58 bits per heavy atom. The number of amides is 2. The van der Waals surface area contributed by atoms with Gasteiger partial charge in [0.2, 0.25) is 0 Å². The lowest BCUT2D eigenvalue weighted by Gasteiger charge is -2.30. The molecule has 0 radical (unpaired) electrons. The summed E-state index contributed by atoms with van der Waals surface area (Å²) >= 11 is 0. The van der Waals surface area contributed by atoms with Gasteiger partial charge >= 0.3 is 6.03 Å². The lowest BCUT2D eigenvalue weighted by molar-refractivity contribution is 0.187. The van der Waals surface area contributed by atoms with Gasteiger partial charge in [0.1, 0.15) is 5.37 Å². The van der Waals surface area contributed by atoms with Crippen molar-refractivity contribution in [2.24, 2.45) is 0 Å². The van der Waals surface area contributed by atoms with E-state index in [9.17, 15) is 13.2 Å². The maximum atomic E-state index is 13.2. The maximum Gasteiger partial charge on any atom is 0.321 e. The highest BCUT2D eigenvalue weighted by Gasteiger charge is 2.47. The van der Waals surface area contributed by atoms with Crippen molar-refractivity contribution in [1.29, 1.82) is 0 Å². The van der Waals surface area contributed by atoms with Crippen LogP contribution in [-0.2, 0) is 9.84 Å². The lowest BCUT2D eigenvalue weighted by atomic mass is 10.0. The van der Waals surface area contributed by atoms with Gasteiger partial charge in [0, 0.05) is 7.05 Å². The average molecular weight is 372 g/mol. The quantitative estimate of drug-likeness (QED) is 0.824. The minimum atomic E-state index is -3.68. The highest BCUT2D eigenvalue weighted by Crippen LogP contribution is 2.38. The molecule has 0 aromatic heterocycles. The Kier molecular flexibility index (Phi) is 4.80. The number of hydrogen-bond acceptors (Lipinski definition) is 3. The SMILES string of the molecule is Cc1ccc(S(=O)(=O)[C@@H](C)N2C(=O)N(C)[C@H](C)[C@@H]2c2ccccc2)cc1. The largest absolute Gasteiger partial charge is 0.323 e. The summed E-state index contributed by atoms with van der Waals surface area (Å²) in [5.74, 6) is 0. The van der Waals surface area contributed by atoms with Crippen LogP contribution in [0.4, 0.5) is 4.79 Å². The van der Waals surface area contributed by atoms with Gasteiger partial charge in [0.25, 0.3) is 0 Å². The molecule has 2 aromatic carbocycles. The van der Waals surface area contributed by atoms with Crippen LogP contribution >= 0.6 is 0 Å². The fourth-order valence-corrected chi connectivity index (χ4v) is 4.89. The third-order valence-electron chi connectivity index (χ3n) is 5.22. The summed E-state index contributed by atoms with van der Waals surface area (Å²) in [6.45, 7) is 5.45. The van der Waals surface area contributed by atoms with Gasteiger partial charge in [-0.3, -0.25) is 4.90 Å². The van der Waals surface area contributed by atoms with E-state index in [-0.39, 0.29) is 23.0 Å². The van der Waals surface area contributed by atoms with Crippen LogP contribution in [-0.4, -0.2) is 42.7 Å². The lowest BCUT2D eigenvalue weighted by Crippen LogP contribution is -2.42. The van der Waals surface area contributed by atoms with Gasteiger partial charge in [-0.05, 0) is 38.5 Å². The zero-order valence-corrected chi connectivity index (χ0v) is 16.3. The summed E-state index contributed by atoms with van der Waals surface area (Å²) in [6, 6.07) is 15.6. The molecular formula is C20H24N2O3S. The van der Waals surface area contributed by atoms with E-state index in [0.717, 1.165) is 11.1 Å². The Bertz CT molecular complexity index is 894. The standard InChI is InChI=1S/C20H24N2O3S/c1-14-10-12-18(13-11-14)26(24,25)16(3)22-19(15(2)21(4)20(22)23)17-8-6-5-7-9-17/h5-13,15-16,19H,1-4H3/t15-,16+,19-/m1/s1. The van der Waals surface area contributed by atoms with Gasteiger partial charge in [-0.25, -0.2) is 13.2 Å². The molecule has 0 saturated carbocycles. The molecule has 2 amide bonds. The van der Waals surface area contributed by atoms with Crippen LogP contribution in [0, 0.1) is 6.92 Å². The molecule has 138 valence electrons. The summed E-state index contributed by atoms with van der Waals surface area (Å²) in [5.41, 5.74) is 1.92. The molecule has 5 nitrogen and oxygen atoms in total. The Morgan fingerprint density at radius 1 is 1.00 bits per heavy atom. The molecule has 3 rings (SSSR count). The molecule has 1 fully saturated rings. The number of hydrogen-bond donors (Lipinski definition) is 0. The normalized spacial score (nSPS) is 21.9. The molecule has 1 saturated heterocycles. The highest BCUT2D eigenvalue weighted by atomic mass is 32.2. The summed E-state index contributed by atoms with van der Waals surface area (Å²) in [4.78, 5) is 16.2.